The zero-order chi connectivity index (χ0) is 9.40. The first-order valence-corrected chi connectivity index (χ1v) is 4.88. The molecule has 2 unspecified atom stereocenters. The van der Waals surface area contributed by atoms with Crippen LogP contribution in [0.4, 0.5) is 0 Å². The monoisotopic (exact) mass is 196 g/mol. The van der Waals surface area contributed by atoms with Crippen molar-refractivity contribution in [1.29, 1.82) is 0 Å². The maximum absolute atomic E-state index is 9.13. The Bertz CT molecular complexity index is 89.4. The summed E-state index contributed by atoms with van der Waals surface area (Å²) in [5, 5.41) is 26.7. The first-order chi connectivity index (χ1) is 5.70. The molecule has 0 aromatic rings. The summed E-state index contributed by atoms with van der Waals surface area (Å²) in [6.45, 7) is -0.0357. The molecule has 0 spiro atoms. The first kappa shape index (κ1) is 12.2. The van der Waals surface area contributed by atoms with Gasteiger partial charge in [0.15, 0.2) is 0 Å². The van der Waals surface area contributed by atoms with Crippen molar-refractivity contribution in [1.82, 2.24) is 0 Å². The van der Waals surface area contributed by atoms with Crippen LogP contribution in [0.1, 0.15) is 19.3 Å². The molecule has 74 valence electrons. The largest absolute Gasteiger partial charge is 0.396 e. The van der Waals surface area contributed by atoms with E-state index in [1.807, 2.05) is 0 Å². The van der Waals surface area contributed by atoms with E-state index in [2.05, 4.69) is 0 Å². The highest BCUT2D eigenvalue weighted by Gasteiger charge is 2.08. The van der Waals surface area contributed by atoms with E-state index in [-0.39, 0.29) is 12.4 Å². The summed E-state index contributed by atoms with van der Waals surface area (Å²) < 4.78 is 8.36. The first-order valence-electron chi connectivity index (χ1n) is 3.94. The summed E-state index contributed by atoms with van der Waals surface area (Å²) in [5.41, 5.74) is 0. The molecule has 0 saturated carbocycles. The topological polar surface area (TPSA) is 80.9 Å². The molecule has 0 fully saturated rings. The van der Waals surface area contributed by atoms with Crippen LogP contribution in [0.2, 0.25) is 0 Å². The Kier molecular flexibility index (Phi) is 7.94. The molecular weight excluding hydrogens is 180 g/mol. The minimum Gasteiger partial charge on any atom is -0.396 e. The third-order valence-electron chi connectivity index (χ3n) is 1.56. The average molecular weight is 196 g/mol. The summed E-state index contributed by atoms with van der Waals surface area (Å²) in [7, 11) is 0. The number of aliphatic hydroxyl groups excluding tert-OH is 3. The molecule has 2 atom stereocenters. The Labute approximate surface area is 76.4 Å². The van der Waals surface area contributed by atoms with Gasteiger partial charge in [-0.3, -0.25) is 0 Å². The number of hydrogen-bond donors (Lipinski definition) is 4. The average Bonchev–Trinajstić information content (AvgIpc) is 2.02. The van der Waals surface area contributed by atoms with Crippen molar-refractivity contribution in [2.75, 3.05) is 12.4 Å². The molecule has 0 rings (SSSR count). The number of hydrogen-bond acceptors (Lipinski definition) is 5. The van der Waals surface area contributed by atoms with Crippen molar-refractivity contribution < 1.29 is 19.9 Å². The van der Waals surface area contributed by atoms with Gasteiger partial charge in [-0.1, -0.05) is 0 Å². The molecule has 12 heavy (non-hydrogen) atoms. The van der Waals surface area contributed by atoms with Crippen molar-refractivity contribution in [2.24, 2.45) is 0 Å². The number of rotatable bonds is 7. The van der Waals surface area contributed by atoms with E-state index in [0.717, 1.165) is 0 Å². The van der Waals surface area contributed by atoms with Gasteiger partial charge in [0, 0.05) is 12.4 Å². The fourth-order valence-corrected chi connectivity index (χ4v) is 1.19. The quantitative estimate of drug-likeness (QED) is 0.433. The van der Waals surface area contributed by atoms with Crippen molar-refractivity contribution in [3.05, 3.63) is 0 Å². The van der Waals surface area contributed by atoms with Crippen LogP contribution in [0.5, 0.6) is 0 Å². The van der Waals surface area contributed by atoms with Crippen LogP contribution in [0.3, 0.4) is 0 Å². The standard InChI is InChI=1S/C7H16O4S/c8-4-3-6(9)1-2-7(10)5-12-11/h6-11H,1-5H2. The Morgan fingerprint density at radius 1 is 1.00 bits per heavy atom. The van der Waals surface area contributed by atoms with E-state index < -0.39 is 12.2 Å². The Hall–Kier alpha value is 0.190. The van der Waals surface area contributed by atoms with E-state index >= 15 is 0 Å². The highest BCUT2D eigenvalue weighted by molar-refractivity contribution is 7.93. The Morgan fingerprint density at radius 2 is 1.58 bits per heavy atom. The van der Waals surface area contributed by atoms with Gasteiger partial charge in [-0.15, -0.1) is 0 Å². The van der Waals surface area contributed by atoms with Crippen LogP contribution < -0.4 is 0 Å². The van der Waals surface area contributed by atoms with Crippen LogP contribution in [-0.4, -0.2) is 44.4 Å². The lowest BCUT2D eigenvalue weighted by molar-refractivity contribution is 0.101. The van der Waals surface area contributed by atoms with Gasteiger partial charge in [0.05, 0.1) is 12.2 Å². The van der Waals surface area contributed by atoms with Gasteiger partial charge in [0.25, 0.3) is 0 Å². The molecule has 0 aliphatic rings. The van der Waals surface area contributed by atoms with Gasteiger partial charge >= 0.3 is 0 Å². The van der Waals surface area contributed by atoms with Gasteiger partial charge in [0.2, 0.25) is 0 Å². The maximum atomic E-state index is 9.13. The van der Waals surface area contributed by atoms with E-state index in [9.17, 15) is 0 Å². The zero-order valence-corrected chi connectivity index (χ0v) is 7.70. The Morgan fingerprint density at radius 3 is 2.08 bits per heavy atom. The van der Waals surface area contributed by atoms with E-state index in [1.165, 1.54) is 0 Å². The minimum atomic E-state index is -0.576. The molecule has 0 aliphatic carbocycles. The summed E-state index contributed by atoms with van der Waals surface area (Å²) in [6.07, 6.45) is 0.136. The number of aliphatic hydroxyl groups is 3. The molecule has 0 heterocycles. The van der Waals surface area contributed by atoms with Gasteiger partial charge in [-0.25, -0.2) is 0 Å². The predicted octanol–water partition coefficient (Wildman–Crippen LogP) is 0.0770. The maximum Gasteiger partial charge on any atom is 0.0653 e. The second kappa shape index (κ2) is 7.82. The smallest absolute Gasteiger partial charge is 0.0653 e. The van der Waals surface area contributed by atoms with E-state index in [1.54, 1.807) is 0 Å². The van der Waals surface area contributed by atoms with Crippen LogP contribution in [0.15, 0.2) is 0 Å². The fraction of sp³-hybridized carbons (Fsp3) is 1.00. The molecular formula is C7H16O4S. The van der Waals surface area contributed by atoms with Crippen molar-refractivity contribution in [3.8, 4) is 0 Å². The fourth-order valence-electron chi connectivity index (χ4n) is 0.848. The lowest BCUT2D eigenvalue weighted by Crippen LogP contribution is -2.15. The molecule has 4 N–H and O–H groups in total. The lowest BCUT2D eigenvalue weighted by Gasteiger charge is -2.11. The molecule has 4 nitrogen and oxygen atoms in total. The van der Waals surface area contributed by atoms with Gasteiger partial charge in [0.1, 0.15) is 0 Å². The molecule has 0 saturated heterocycles. The molecule has 0 aromatic carbocycles. The van der Waals surface area contributed by atoms with Crippen LogP contribution in [-0.2, 0) is 0 Å². The highest BCUT2D eigenvalue weighted by Crippen LogP contribution is 2.07. The molecule has 0 aliphatic heterocycles. The lowest BCUT2D eigenvalue weighted by atomic mass is 10.1. The van der Waals surface area contributed by atoms with Crippen LogP contribution in [0, 0.1) is 0 Å². The van der Waals surface area contributed by atoms with E-state index in [4.69, 9.17) is 19.9 Å². The van der Waals surface area contributed by atoms with Crippen molar-refractivity contribution in [3.63, 3.8) is 0 Å². The second-order valence-electron chi connectivity index (χ2n) is 2.69. The molecule has 0 bridgehead atoms. The predicted molar refractivity (Wildman–Crippen MR) is 48.0 cm³/mol. The summed E-state index contributed by atoms with van der Waals surface area (Å²) in [5.74, 6) is 0.270. The molecule has 5 heteroatoms. The Balaban J connectivity index is 3.27. The summed E-state index contributed by atoms with van der Waals surface area (Å²) in [6, 6.07) is 0. The van der Waals surface area contributed by atoms with Gasteiger partial charge in [-0.2, -0.15) is 0 Å². The van der Waals surface area contributed by atoms with Gasteiger partial charge in [-0.05, 0) is 31.3 Å². The minimum absolute atomic E-state index is 0.0357. The van der Waals surface area contributed by atoms with Crippen LogP contribution in [0.25, 0.3) is 0 Å². The second-order valence-corrected chi connectivity index (χ2v) is 3.28. The SMILES string of the molecule is OCCC(O)CCC(O)CSO. The van der Waals surface area contributed by atoms with E-state index in [0.29, 0.717) is 31.3 Å². The molecule has 0 radical (unpaired) electrons. The zero-order valence-electron chi connectivity index (χ0n) is 6.89. The van der Waals surface area contributed by atoms with Crippen molar-refractivity contribution >= 4 is 12.0 Å². The van der Waals surface area contributed by atoms with Crippen LogP contribution >= 0.6 is 12.0 Å². The van der Waals surface area contributed by atoms with Gasteiger partial charge < -0.3 is 19.9 Å². The molecule has 0 amide bonds. The highest BCUT2D eigenvalue weighted by atomic mass is 32.2. The summed E-state index contributed by atoms with van der Waals surface area (Å²) in [4.78, 5) is 0. The molecule has 0 aromatic heterocycles. The third-order valence-corrected chi connectivity index (χ3v) is 2.10. The third kappa shape index (κ3) is 6.87. The van der Waals surface area contributed by atoms with Crippen molar-refractivity contribution in [2.45, 2.75) is 31.5 Å². The normalized spacial score (nSPS) is 16.0. The summed E-state index contributed by atoms with van der Waals surface area (Å²) >= 11 is 0.594.